The largest absolute Gasteiger partial charge is 0.486 e. The van der Waals surface area contributed by atoms with Crippen molar-refractivity contribution >= 4 is 16.8 Å². The normalized spacial score (nSPS) is 13.3. The lowest BCUT2D eigenvalue weighted by Gasteiger charge is -2.28. The van der Waals surface area contributed by atoms with E-state index in [0.717, 1.165) is 17.1 Å². The number of para-hydroxylation sites is 1. The van der Waals surface area contributed by atoms with Crippen LogP contribution in [0.4, 0.5) is 0 Å². The summed E-state index contributed by atoms with van der Waals surface area (Å²) in [5.74, 6) is 1.31. The Bertz CT molecular complexity index is 1120. The summed E-state index contributed by atoms with van der Waals surface area (Å²) in [6.07, 6.45) is 1.24. The van der Waals surface area contributed by atoms with E-state index in [2.05, 4.69) is 24.3 Å². The van der Waals surface area contributed by atoms with Gasteiger partial charge in [-0.05, 0) is 29.8 Å². The lowest BCUT2D eigenvalue weighted by molar-refractivity contribution is -0.122. The highest BCUT2D eigenvalue weighted by atomic mass is 16.6. The molecule has 3 aromatic rings. The molecule has 0 saturated heterocycles. The molecule has 150 valence electrons. The van der Waals surface area contributed by atoms with E-state index in [0.29, 0.717) is 30.7 Å². The minimum Gasteiger partial charge on any atom is -0.486 e. The summed E-state index contributed by atoms with van der Waals surface area (Å²) < 4.78 is 12.8. The Kier molecular flexibility index (Phi) is 4.96. The van der Waals surface area contributed by atoms with E-state index in [-0.39, 0.29) is 23.3 Å². The number of amides is 1. The molecule has 29 heavy (non-hydrogen) atoms. The van der Waals surface area contributed by atoms with Gasteiger partial charge in [-0.15, -0.1) is 0 Å². The lowest BCUT2D eigenvalue weighted by atomic mass is 9.84. The van der Waals surface area contributed by atoms with Crippen molar-refractivity contribution in [1.29, 1.82) is 0 Å². The Morgan fingerprint density at radius 3 is 2.72 bits per heavy atom. The summed E-state index contributed by atoms with van der Waals surface area (Å²) in [5, 5.41) is 7.64. The van der Waals surface area contributed by atoms with Gasteiger partial charge in [-0.3, -0.25) is 14.3 Å². The Labute approximate surface area is 168 Å². The maximum Gasteiger partial charge on any atom is 0.241 e. The maximum absolute atomic E-state index is 12.6. The molecule has 1 aliphatic heterocycles. The molecule has 0 unspecified atom stereocenters. The smallest absolute Gasteiger partial charge is 0.241 e. The van der Waals surface area contributed by atoms with Crippen molar-refractivity contribution in [3.05, 3.63) is 64.4 Å². The second-order valence-corrected chi connectivity index (χ2v) is 7.70. The van der Waals surface area contributed by atoms with Crippen LogP contribution in [0.1, 0.15) is 19.4 Å². The van der Waals surface area contributed by atoms with Gasteiger partial charge in [0.05, 0.1) is 11.7 Å². The summed E-state index contributed by atoms with van der Waals surface area (Å²) in [7, 11) is 0. The molecule has 2 heterocycles. The average Bonchev–Trinajstić information content (AvgIpc) is 2.74. The van der Waals surface area contributed by atoms with Gasteiger partial charge >= 0.3 is 0 Å². The molecule has 0 saturated carbocycles. The first-order valence-electron chi connectivity index (χ1n) is 9.56. The number of rotatable bonds is 5. The number of carbonyl (C=O) groups is 1. The molecule has 0 aliphatic carbocycles. The fourth-order valence-corrected chi connectivity index (χ4v) is 3.36. The maximum atomic E-state index is 12.6. The van der Waals surface area contributed by atoms with E-state index in [1.807, 2.05) is 24.3 Å². The standard InChI is InChI=1S/C22H23N3O4/c1-22(2,15-7-8-19-20(11-15)29-10-9-28-19)14-23-21(27)13-25-17-6-4-3-5-16(17)18(26)12-24-25/h3-8,11-12H,9-10,13-14H2,1-2H3,(H,23,27). The van der Waals surface area contributed by atoms with Crippen LogP contribution in [0.2, 0.25) is 0 Å². The Morgan fingerprint density at radius 1 is 1.14 bits per heavy atom. The molecule has 4 rings (SSSR count). The minimum absolute atomic E-state index is 0.0397. The van der Waals surface area contributed by atoms with Crippen molar-refractivity contribution in [1.82, 2.24) is 15.1 Å². The molecule has 1 aliphatic rings. The summed E-state index contributed by atoms with van der Waals surface area (Å²) in [6, 6.07) is 13.0. The second kappa shape index (κ2) is 7.58. The molecule has 0 spiro atoms. The minimum atomic E-state index is -0.301. The number of hydrogen-bond acceptors (Lipinski definition) is 5. The van der Waals surface area contributed by atoms with Crippen LogP contribution >= 0.6 is 0 Å². The molecule has 7 heteroatoms. The van der Waals surface area contributed by atoms with Crippen LogP contribution in [0.15, 0.2) is 53.5 Å². The first-order chi connectivity index (χ1) is 13.9. The molecule has 1 N–H and O–H groups in total. The van der Waals surface area contributed by atoms with E-state index < -0.39 is 0 Å². The third kappa shape index (κ3) is 3.94. The molecular formula is C22H23N3O4. The van der Waals surface area contributed by atoms with Gasteiger partial charge in [0.15, 0.2) is 11.5 Å². The average molecular weight is 393 g/mol. The van der Waals surface area contributed by atoms with Gasteiger partial charge in [0, 0.05) is 17.3 Å². The monoisotopic (exact) mass is 393 g/mol. The van der Waals surface area contributed by atoms with Crippen molar-refractivity contribution < 1.29 is 14.3 Å². The molecule has 0 bridgehead atoms. The zero-order valence-corrected chi connectivity index (χ0v) is 16.5. The lowest BCUT2D eigenvalue weighted by Crippen LogP contribution is -2.38. The summed E-state index contributed by atoms with van der Waals surface area (Å²) >= 11 is 0. The van der Waals surface area contributed by atoms with Crippen LogP contribution in [-0.4, -0.2) is 35.4 Å². The van der Waals surface area contributed by atoms with Crippen LogP contribution < -0.4 is 20.2 Å². The van der Waals surface area contributed by atoms with Crippen LogP contribution in [0, 0.1) is 0 Å². The highest BCUT2D eigenvalue weighted by molar-refractivity contribution is 5.81. The molecule has 1 aromatic heterocycles. The van der Waals surface area contributed by atoms with Crippen LogP contribution in [0.25, 0.3) is 10.9 Å². The molecule has 1 amide bonds. The third-order valence-corrected chi connectivity index (χ3v) is 5.11. The van der Waals surface area contributed by atoms with E-state index in [4.69, 9.17) is 9.47 Å². The number of aromatic nitrogens is 2. The first-order valence-corrected chi connectivity index (χ1v) is 9.56. The molecule has 0 atom stereocenters. The van der Waals surface area contributed by atoms with Gasteiger partial charge in [-0.2, -0.15) is 5.10 Å². The van der Waals surface area contributed by atoms with Crippen LogP contribution in [0.3, 0.4) is 0 Å². The zero-order chi connectivity index (χ0) is 20.4. The number of ether oxygens (including phenoxy) is 2. The quantitative estimate of drug-likeness (QED) is 0.719. The Hall–Kier alpha value is -3.35. The SMILES string of the molecule is CC(C)(CNC(=O)Cn1ncc(=O)c2ccccc21)c1ccc2c(c1)OCCO2. The molecule has 2 aromatic carbocycles. The predicted molar refractivity (Wildman–Crippen MR) is 109 cm³/mol. The van der Waals surface area contributed by atoms with Crippen LogP contribution in [0.5, 0.6) is 11.5 Å². The fraction of sp³-hybridized carbons (Fsp3) is 0.318. The first kappa shape index (κ1) is 19.0. The molecule has 7 nitrogen and oxygen atoms in total. The second-order valence-electron chi connectivity index (χ2n) is 7.70. The third-order valence-electron chi connectivity index (χ3n) is 5.11. The highest BCUT2D eigenvalue weighted by Crippen LogP contribution is 2.34. The number of carbonyl (C=O) groups excluding carboxylic acids is 1. The van der Waals surface area contributed by atoms with Crippen molar-refractivity contribution in [2.45, 2.75) is 25.8 Å². The Balaban J connectivity index is 1.45. The van der Waals surface area contributed by atoms with Gasteiger partial charge in [0.2, 0.25) is 11.3 Å². The summed E-state index contributed by atoms with van der Waals surface area (Å²) in [4.78, 5) is 24.5. The van der Waals surface area contributed by atoms with Gasteiger partial charge in [-0.25, -0.2) is 0 Å². The van der Waals surface area contributed by atoms with Gasteiger partial charge < -0.3 is 14.8 Å². The Morgan fingerprint density at radius 2 is 1.90 bits per heavy atom. The van der Waals surface area contributed by atoms with E-state index in [1.54, 1.807) is 22.9 Å². The summed E-state index contributed by atoms with van der Waals surface area (Å²) in [5.41, 5.74) is 1.23. The topological polar surface area (TPSA) is 82.5 Å². The van der Waals surface area contributed by atoms with E-state index in [9.17, 15) is 9.59 Å². The fourth-order valence-electron chi connectivity index (χ4n) is 3.36. The van der Waals surface area contributed by atoms with E-state index >= 15 is 0 Å². The van der Waals surface area contributed by atoms with E-state index in [1.165, 1.54) is 6.20 Å². The molecule has 0 radical (unpaired) electrons. The van der Waals surface area contributed by atoms with Crippen molar-refractivity contribution in [2.75, 3.05) is 19.8 Å². The number of fused-ring (bicyclic) bond motifs is 2. The number of benzene rings is 2. The summed E-state index contributed by atoms with van der Waals surface area (Å²) in [6.45, 7) is 5.70. The van der Waals surface area contributed by atoms with Gasteiger partial charge in [0.25, 0.3) is 0 Å². The van der Waals surface area contributed by atoms with Crippen molar-refractivity contribution in [3.63, 3.8) is 0 Å². The predicted octanol–water partition coefficient (Wildman–Crippen LogP) is 2.26. The highest BCUT2D eigenvalue weighted by Gasteiger charge is 2.24. The van der Waals surface area contributed by atoms with Gasteiger partial charge in [0.1, 0.15) is 19.8 Å². The molecular weight excluding hydrogens is 370 g/mol. The van der Waals surface area contributed by atoms with Crippen molar-refractivity contribution in [2.24, 2.45) is 0 Å². The number of hydrogen-bond donors (Lipinski definition) is 1. The number of nitrogens with zero attached hydrogens (tertiary/aromatic N) is 2. The van der Waals surface area contributed by atoms with Gasteiger partial charge in [-0.1, -0.05) is 32.0 Å². The number of nitrogens with one attached hydrogen (secondary N) is 1. The molecule has 0 fully saturated rings. The van der Waals surface area contributed by atoms with Crippen molar-refractivity contribution in [3.8, 4) is 11.5 Å². The zero-order valence-electron chi connectivity index (χ0n) is 16.5. The van der Waals surface area contributed by atoms with Crippen LogP contribution in [-0.2, 0) is 16.8 Å².